The number of amides is 2. The summed E-state index contributed by atoms with van der Waals surface area (Å²) in [5, 5.41) is 2.93. The largest absolute Gasteiger partial charge is 0.322 e. The summed E-state index contributed by atoms with van der Waals surface area (Å²) in [6.07, 6.45) is 1.96. The summed E-state index contributed by atoms with van der Waals surface area (Å²) in [6, 6.07) is 14.6. The third-order valence-electron chi connectivity index (χ3n) is 4.38. The van der Waals surface area contributed by atoms with E-state index in [0.29, 0.717) is 18.0 Å². The molecule has 1 aliphatic rings. The first-order valence-corrected chi connectivity index (χ1v) is 8.45. The van der Waals surface area contributed by atoms with Crippen LogP contribution in [0.5, 0.6) is 0 Å². The summed E-state index contributed by atoms with van der Waals surface area (Å²) in [5.41, 5.74) is 2.55. The van der Waals surface area contributed by atoms with Crippen LogP contribution in [0.25, 0.3) is 0 Å². The summed E-state index contributed by atoms with van der Waals surface area (Å²) < 4.78 is 13.9. The number of rotatable bonds is 5. The summed E-state index contributed by atoms with van der Waals surface area (Å²) in [4.78, 5) is 14.4. The van der Waals surface area contributed by atoms with Gasteiger partial charge in [-0.15, -0.1) is 0 Å². The van der Waals surface area contributed by atoms with Gasteiger partial charge in [-0.3, -0.25) is 0 Å². The molecule has 1 aliphatic carbocycles. The van der Waals surface area contributed by atoms with E-state index in [9.17, 15) is 9.18 Å². The van der Waals surface area contributed by atoms with Crippen molar-refractivity contribution in [2.45, 2.75) is 45.2 Å². The predicted molar refractivity (Wildman–Crippen MR) is 94.5 cm³/mol. The Hall–Kier alpha value is -2.36. The highest BCUT2D eigenvalue weighted by molar-refractivity contribution is 5.89. The molecule has 1 fully saturated rings. The van der Waals surface area contributed by atoms with Crippen LogP contribution in [0, 0.1) is 5.82 Å². The van der Waals surface area contributed by atoms with Crippen molar-refractivity contribution in [2.75, 3.05) is 5.32 Å². The second kappa shape index (κ2) is 7.04. The van der Waals surface area contributed by atoms with Crippen molar-refractivity contribution in [1.29, 1.82) is 0 Å². The molecule has 126 valence electrons. The molecule has 0 bridgehead atoms. The zero-order valence-corrected chi connectivity index (χ0v) is 14.1. The number of hydrogen-bond acceptors (Lipinski definition) is 1. The van der Waals surface area contributed by atoms with E-state index >= 15 is 0 Å². The first-order chi connectivity index (χ1) is 11.5. The molecule has 0 atom stereocenters. The molecule has 4 heteroatoms. The molecule has 0 heterocycles. The lowest BCUT2D eigenvalue weighted by molar-refractivity contribution is 0.205. The van der Waals surface area contributed by atoms with Crippen LogP contribution in [0.2, 0.25) is 0 Å². The summed E-state index contributed by atoms with van der Waals surface area (Å²) >= 11 is 0. The number of carbonyl (C=O) groups is 1. The van der Waals surface area contributed by atoms with Gasteiger partial charge >= 0.3 is 6.03 Å². The fraction of sp³-hybridized carbons (Fsp3) is 0.350. The van der Waals surface area contributed by atoms with Crippen molar-refractivity contribution < 1.29 is 9.18 Å². The molecule has 1 N–H and O–H groups in total. The number of benzene rings is 2. The second-order valence-corrected chi connectivity index (χ2v) is 6.66. The van der Waals surface area contributed by atoms with E-state index < -0.39 is 0 Å². The minimum Gasteiger partial charge on any atom is -0.317 e. The molecule has 0 aliphatic heterocycles. The molecule has 1 saturated carbocycles. The van der Waals surface area contributed by atoms with E-state index in [0.717, 1.165) is 18.5 Å². The number of halogens is 1. The molecule has 0 saturated heterocycles. The third kappa shape index (κ3) is 3.94. The van der Waals surface area contributed by atoms with E-state index in [1.165, 1.54) is 11.6 Å². The lowest BCUT2D eigenvalue weighted by Crippen LogP contribution is -2.36. The summed E-state index contributed by atoms with van der Waals surface area (Å²) in [6.45, 7) is 4.57. The van der Waals surface area contributed by atoms with Crippen molar-refractivity contribution in [1.82, 2.24) is 4.90 Å². The SMILES string of the molecule is CC(C)c1ccc(NC(=O)N(Cc2ccccc2F)C2CC2)cc1. The van der Waals surface area contributed by atoms with Crippen LogP contribution in [0.4, 0.5) is 14.9 Å². The Kier molecular flexibility index (Phi) is 4.84. The fourth-order valence-corrected chi connectivity index (χ4v) is 2.71. The smallest absolute Gasteiger partial charge is 0.317 e. The topological polar surface area (TPSA) is 32.3 Å². The van der Waals surface area contributed by atoms with Crippen molar-refractivity contribution >= 4 is 11.7 Å². The minimum absolute atomic E-state index is 0.168. The molecular weight excluding hydrogens is 303 g/mol. The van der Waals surface area contributed by atoms with Gasteiger partial charge in [0.1, 0.15) is 5.82 Å². The maximum absolute atomic E-state index is 13.9. The molecule has 3 nitrogen and oxygen atoms in total. The van der Waals surface area contributed by atoms with Crippen molar-refractivity contribution in [3.05, 3.63) is 65.5 Å². The van der Waals surface area contributed by atoms with Crippen molar-refractivity contribution in [3.8, 4) is 0 Å². The van der Waals surface area contributed by atoms with E-state index in [2.05, 4.69) is 19.2 Å². The maximum atomic E-state index is 13.9. The van der Waals surface area contributed by atoms with Gasteiger partial charge in [0.05, 0.1) is 6.54 Å². The molecule has 0 radical (unpaired) electrons. The minimum atomic E-state index is -0.266. The van der Waals surface area contributed by atoms with E-state index in [1.54, 1.807) is 23.1 Å². The van der Waals surface area contributed by atoms with Gasteiger partial charge in [-0.05, 0) is 42.5 Å². The number of anilines is 1. The van der Waals surface area contributed by atoms with Crippen LogP contribution in [0.15, 0.2) is 48.5 Å². The van der Waals surface area contributed by atoms with Gasteiger partial charge in [0.2, 0.25) is 0 Å². The van der Waals surface area contributed by atoms with Crippen molar-refractivity contribution in [3.63, 3.8) is 0 Å². The average molecular weight is 326 g/mol. The van der Waals surface area contributed by atoms with E-state index in [-0.39, 0.29) is 17.9 Å². The van der Waals surface area contributed by atoms with Crippen LogP contribution in [0.1, 0.15) is 43.7 Å². The first kappa shape index (κ1) is 16.5. The Morgan fingerprint density at radius 2 is 1.83 bits per heavy atom. The van der Waals surface area contributed by atoms with E-state index in [4.69, 9.17) is 0 Å². The number of hydrogen-bond donors (Lipinski definition) is 1. The average Bonchev–Trinajstić information content (AvgIpc) is 3.39. The maximum Gasteiger partial charge on any atom is 0.322 e. The zero-order chi connectivity index (χ0) is 17.1. The second-order valence-electron chi connectivity index (χ2n) is 6.66. The van der Waals surface area contributed by atoms with Crippen LogP contribution in [0.3, 0.4) is 0 Å². The van der Waals surface area contributed by atoms with Crippen LogP contribution < -0.4 is 5.32 Å². The number of urea groups is 1. The quantitative estimate of drug-likeness (QED) is 0.810. The number of nitrogens with zero attached hydrogens (tertiary/aromatic N) is 1. The monoisotopic (exact) mass is 326 g/mol. The number of nitrogens with one attached hydrogen (secondary N) is 1. The molecule has 2 aromatic carbocycles. The molecule has 0 spiro atoms. The molecule has 0 unspecified atom stereocenters. The van der Waals surface area contributed by atoms with Crippen LogP contribution in [-0.2, 0) is 6.54 Å². The molecule has 0 aromatic heterocycles. The van der Waals surface area contributed by atoms with Gasteiger partial charge in [-0.2, -0.15) is 0 Å². The lowest BCUT2D eigenvalue weighted by Gasteiger charge is -2.23. The van der Waals surface area contributed by atoms with Gasteiger partial charge < -0.3 is 10.2 Å². The molecule has 2 aromatic rings. The molecule has 2 amide bonds. The Morgan fingerprint density at radius 1 is 1.17 bits per heavy atom. The third-order valence-corrected chi connectivity index (χ3v) is 4.38. The number of carbonyl (C=O) groups excluding carboxylic acids is 1. The Bertz CT molecular complexity index is 708. The highest BCUT2D eigenvalue weighted by atomic mass is 19.1. The zero-order valence-electron chi connectivity index (χ0n) is 14.1. The van der Waals surface area contributed by atoms with Gasteiger partial charge in [-0.1, -0.05) is 44.2 Å². The summed E-state index contributed by atoms with van der Waals surface area (Å²) in [5.74, 6) is 0.191. The standard InChI is InChI=1S/C20H23FN2O/c1-14(2)15-7-9-17(10-8-15)22-20(24)23(18-11-12-18)13-16-5-3-4-6-19(16)21/h3-10,14,18H,11-13H2,1-2H3,(H,22,24). The highest BCUT2D eigenvalue weighted by Crippen LogP contribution is 2.29. The van der Waals surface area contributed by atoms with Crippen molar-refractivity contribution in [2.24, 2.45) is 0 Å². The highest BCUT2D eigenvalue weighted by Gasteiger charge is 2.33. The Balaban J connectivity index is 1.70. The molecular formula is C20H23FN2O. The van der Waals surface area contributed by atoms with Crippen LogP contribution in [-0.4, -0.2) is 17.0 Å². The Morgan fingerprint density at radius 3 is 2.42 bits per heavy atom. The first-order valence-electron chi connectivity index (χ1n) is 8.45. The summed E-state index contributed by atoms with van der Waals surface area (Å²) in [7, 11) is 0. The van der Waals surface area contributed by atoms with Crippen LogP contribution >= 0.6 is 0 Å². The lowest BCUT2D eigenvalue weighted by atomic mass is 10.0. The van der Waals surface area contributed by atoms with Gasteiger partial charge in [0.25, 0.3) is 0 Å². The predicted octanol–water partition coefficient (Wildman–Crippen LogP) is 5.15. The normalized spacial score (nSPS) is 13.8. The van der Waals surface area contributed by atoms with E-state index in [1.807, 2.05) is 24.3 Å². The van der Waals surface area contributed by atoms with Gasteiger partial charge in [0, 0.05) is 17.3 Å². The Labute approximate surface area is 142 Å². The van der Waals surface area contributed by atoms with Gasteiger partial charge in [0.15, 0.2) is 0 Å². The molecule has 24 heavy (non-hydrogen) atoms. The fourth-order valence-electron chi connectivity index (χ4n) is 2.71. The van der Waals surface area contributed by atoms with Gasteiger partial charge in [-0.25, -0.2) is 9.18 Å². The molecule has 3 rings (SSSR count).